The maximum atomic E-state index is 5.67. The van der Waals surface area contributed by atoms with Gasteiger partial charge in [-0.2, -0.15) is 0 Å². The van der Waals surface area contributed by atoms with Crippen molar-refractivity contribution in [2.24, 2.45) is 0 Å². The summed E-state index contributed by atoms with van der Waals surface area (Å²) < 4.78 is 4.87. The Hall–Kier alpha value is -1.07. The van der Waals surface area contributed by atoms with Crippen molar-refractivity contribution in [1.82, 2.24) is 0 Å². The number of halogens is 1. The van der Waals surface area contributed by atoms with Crippen molar-refractivity contribution in [3.05, 3.63) is 23.2 Å². The Morgan fingerprint density at radius 3 is 2.80 bits per heavy atom. The monoisotopic (exact) mass is 155 g/mol. The highest BCUT2D eigenvalue weighted by atomic mass is 35.5. The van der Waals surface area contributed by atoms with Crippen LogP contribution in [0.3, 0.4) is 0 Å². The summed E-state index contributed by atoms with van der Waals surface area (Å²) in [5.41, 5.74) is 5.82. The molecular formula is C7H6ClNO. The van der Waals surface area contributed by atoms with Crippen LogP contribution >= 0.6 is 11.6 Å². The first-order valence-corrected chi connectivity index (χ1v) is 3.05. The van der Waals surface area contributed by atoms with E-state index >= 15 is 0 Å². The summed E-state index contributed by atoms with van der Waals surface area (Å²) in [6.07, 6.45) is 0. The Morgan fingerprint density at radius 1 is 1.70 bits per heavy atom. The minimum Gasteiger partial charge on any atom is -0.492 e. The molecule has 52 valence electrons. The average Bonchev–Trinajstić information content (AvgIpc) is 1.88. The molecule has 1 aromatic rings. The largest absolute Gasteiger partial charge is 0.492 e. The Kier molecular flexibility index (Phi) is 1.88. The highest BCUT2D eigenvalue weighted by Gasteiger charge is 2.01. The summed E-state index contributed by atoms with van der Waals surface area (Å²) in [6, 6.07) is 6.83. The van der Waals surface area contributed by atoms with Gasteiger partial charge in [-0.3, -0.25) is 0 Å². The van der Waals surface area contributed by atoms with E-state index in [9.17, 15) is 0 Å². The molecule has 3 heteroatoms. The minimum absolute atomic E-state index is 0.384. The van der Waals surface area contributed by atoms with E-state index in [1.54, 1.807) is 6.07 Å². The lowest BCUT2D eigenvalue weighted by Crippen LogP contribution is -1.90. The van der Waals surface area contributed by atoms with E-state index in [0.29, 0.717) is 16.5 Å². The van der Waals surface area contributed by atoms with Crippen LogP contribution in [0.5, 0.6) is 5.75 Å². The zero-order valence-electron chi connectivity index (χ0n) is 5.44. The summed E-state index contributed by atoms with van der Waals surface area (Å²) in [5, 5.41) is 0.457. The number of nitrogens with two attached hydrogens (primary N) is 1. The number of hydrogen-bond donors (Lipinski definition) is 1. The molecule has 1 rings (SSSR count). The molecule has 0 aliphatic heterocycles. The zero-order valence-corrected chi connectivity index (χ0v) is 6.20. The predicted octanol–water partition coefficient (Wildman–Crippen LogP) is 1.53. The first-order chi connectivity index (χ1) is 4.75. The Balaban J connectivity index is 3.17. The summed E-state index contributed by atoms with van der Waals surface area (Å²) in [7, 11) is 1.51. The van der Waals surface area contributed by atoms with Crippen LogP contribution in [0.15, 0.2) is 6.07 Å². The Morgan fingerprint density at radius 2 is 2.40 bits per heavy atom. The van der Waals surface area contributed by atoms with Gasteiger partial charge in [0.15, 0.2) is 5.75 Å². The van der Waals surface area contributed by atoms with Gasteiger partial charge in [0.1, 0.15) is 5.69 Å². The average molecular weight is 156 g/mol. The van der Waals surface area contributed by atoms with Crippen molar-refractivity contribution in [2.45, 2.75) is 0 Å². The lowest BCUT2D eigenvalue weighted by molar-refractivity contribution is 0.417. The highest BCUT2D eigenvalue weighted by Crippen LogP contribution is 2.27. The molecule has 0 radical (unpaired) electrons. The second kappa shape index (κ2) is 2.68. The molecule has 10 heavy (non-hydrogen) atoms. The maximum Gasteiger partial charge on any atom is 0.169 e. The van der Waals surface area contributed by atoms with Crippen molar-refractivity contribution >= 4 is 17.3 Å². The van der Waals surface area contributed by atoms with Gasteiger partial charge in [-0.05, 0) is 6.07 Å². The third-order valence-corrected chi connectivity index (χ3v) is 1.35. The molecule has 0 aliphatic rings. The molecule has 2 nitrogen and oxygen atoms in total. The number of rotatable bonds is 1. The van der Waals surface area contributed by atoms with Crippen molar-refractivity contribution < 1.29 is 4.74 Å². The Bertz CT molecular complexity index is 217. The maximum absolute atomic E-state index is 5.67. The molecule has 0 amide bonds. The van der Waals surface area contributed by atoms with Gasteiger partial charge in [-0.25, -0.2) is 0 Å². The normalized spacial score (nSPS) is 8.60. The van der Waals surface area contributed by atoms with Gasteiger partial charge >= 0.3 is 0 Å². The molecule has 0 fully saturated rings. The van der Waals surface area contributed by atoms with Crippen molar-refractivity contribution in [1.29, 1.82) is 0 Å². The lowest BCUT2D eigenvalue weighted by Gasteiger charge is -2.01. The molecule has 2 N–H and O–H groups in total. The fraction of sp³-hybridized carbons (Fsp3) is 0.143. The molecule has 0 aliphatic carbocycles. The van der Waals surface area contributed by atoms with Crippen molar-refractivity contribution in [3.8, 4) is 5.75 Å². The first kappa shape index (κ1) is 7.04. The summed E-state index contributed by atoms with van der Waals surface area (Å²) in [6.45, 7) is 0. The third kappa shape index (κ3) is 1.09. The highest BCUT2D eigenvalue weighted by molar-refractivity contribution is 6.32. The van der Waals surface area contributed by atoms with Crippen LogP contribution in [0.2, 0.25) is 5.02 Å². The molecule has 1 aromatic carbocycles. The second-order valence-electron chi connectivity index (χ2n) is 1.71. The van der Waals surface area contributed by atoms with Gasteiger partial charge in [0.25, 0.3) is 0 Å². The standard InChI is InChI=1S/C7H6ClNO/c1-10-7-5(8)3-2-4-6(7)9/h3H,9H2,1H3. The van der Waals surface area contributed by atoms with Crippen LogP contribution < -0.4 is 10.5 Å². The van der Waals surface area contributed by atoms with E-state index in [1.807, 2.05) is 0 Å². The fourth-order valence-corrected chi connectivity index (χ4v) is 0.869. The molecule has 0 heterocycles. The summed E-state index contributed by atoms with van der Waals surface area (Å²) in [4.78, 5) is 0. The minimum atomic E-state index is 0.384. The SMILES string of the molecule is COc1c(N)c#ccc1Cl. The molecule has 0 spiro atoms. The van der Waals surface area contributed by atoms with Gasteiger partial charge < -0.3 is 10.5 Å². The van der Waals surface area contributed by atoms with Gasteiger partial charge in [0, 0.05) is 6.07 Å². The number of nitrogen functional groups attached to an aromatic ring is 1. The van der Waals surface area contributed by atoms with Gasteiger partial charge in [0.2, 0.25) is 0 Å². The van der Waals surface area contributed by atoms with Crippen LogP contribution in [0.1, 0.15) is 0 Å². The van der Waals surface area contributed by atoms with E-state index < -0.39 is 0 Å². The van der Waals surface area contributed by atoms with Gasteiger partial charge in [-0.15, -0.1) is 0 Å². The molecule has 0 bridgehead atoms. The molecule has 0 aromatic heterocycles. The summed E-state index contributed by atoms with van der Waals surface area (Å²) >= 11 is 5.67. The number of ether oxygens (including phenoxy) is 1. The number of anilines is 1. The van der Waals surface area contributed by atoms with Crippen LogP contribution in [0.25, 0.3) is 0 Å². The van der Waals surface area contributed by atoms with Crippen molar-refractivity contribution in [3.63, 3.8) is 0 Å². The first-order valence-electron chi connectivity index (χ1n) is 2.67. The smallest absolute Gasteiger partial charge is 0.169 e. The van der Waals surface area contributed by atoms with E-state index in [-0.39, 0.29) is 0 Å². The quantitative estimate of drug-likeness (QED) is 0.668. The van der Waals surface area contributed by atoms with Gasteiger partial charge in [-0.1, -0.05) is 17.7 Å². The van der Waals surface area contributed by atoms with Crippen LogP contribution in [-0.2, 0) is 0 Å². The van der Waals surface area contributed by atoms with Crippen LogP contribution in [0.4, 0.5) is 5.69 Å². The molecule has 0 unspecified atom stereocenters. The van der Waals surface area contributed by atoms with E-state index in [0.717, 1.165) is 0 Å². The van der Waals surface area contributed by atoms with Gasteiger partial charge in [0.05, 0.1) is 12.1 Å². The van der Waals surface area contributed by atoms with Crippen LogP contribution in [-0.4, -0.2) is 7.11 Å². The molecule has 0 saturated carbocycles. The molecular weight excluding hydrogens is 150 g/mol. The second-order valence-corrected chi connectivity index (χ2v) is 2.12. The lowest BCUT2D eigenvalue weighted by atomic mass is 10.3. The number of hydrogen-bond acceptors (Lipinski definition) is 2. The molecule has 0 saturated heterocycles. The third-order valence-electron chi connectivity index (χ3n) is 1.07. The van der Waals surface area contributed by atoms with Crippen LogP contribution in [0, 0.1) is 12.1 Å². The predicted molar refractivity (Wildman–Crippen MR) is 40.1 cm³/mol. The van der Waals surface area contributed by atoms with E-state index in [4.69, 9.17) is 22.1 Å². The summed E-state index contributed by atoms with van der Waals surface area (Å²) in [5.74, 6) is 0.459. The molecule has 0 atom stereocenters. The topological polar surface area (TPSA) is 35.2 Å². The van der Waals surface area contributed by atoms with E-state index in [2.05, 4.69) is 12.1 Å². The fourth-order valence-electron chi connectivity index (χ4n) is 0.636. The zero-order chi connectivity index (χ0) is 7.56. The van der Waals surface area contributed by atoms with Crippen molar-refractivity contribution in [2.75, 3.05) is 12.8 Å². The Labute approximate surface area is 64.6 Å². The number of methoxy groups -OCH3 is 1. The van der Waals surface area contributed by atoms with E-state index in [1.165, 1.54) is 7.11 Å².